The fraction of sp³-hybridized carbons (Fsp3) is 0.233. The average Bonchev–Trinajstić information content (AvgIpc) is 3.34. The van der Waals surface area contributed by atoms with Gasteiger partial charge >= 0.3 is 12.1 Å². The zero-order valence-corrected chi connectivity index (χ0v) is 21.6. The summed E-state index contributed by atoms with van der Waals surface area (Å²) in [5.74, 6) is -5.95. The fourth-order valence-corrected chi connectivity index (χ4v) is 5.73. The number of fused-ring (bicyclic) bond motifs is 2. The third-order valence-electron chi connectivity index (χ3n) is 7.56. The summed E-state index contributed by atoms with van der Waals surface area (Å²) in [7, 11) is 1.42. The van der Waals surface area contributed by atoms with Crippen LogP contribution in [0.2, 0.25) is 0 Å². The molecule has 4 aromatic rings. The van der Waals surface area contributed by atoms with E-state index < -0.39 is 58.3 Å². The first-order valence-electron chi connectivity index (χ1n) is 12.7. The number of carbonyl (C=O) groups excluding carboxylic acids is 1. The number of rotatable bonds is 6. The molecule has 0 radical (unpaired) electrons. The van der Waals surface area contributed by atoms with Gasteiger partial charge in [0.15, 0.2) is 0 Å². The SMILES string of the molecule is Cn1c(=O)c([C@H]2CCc3c(CC(NC(=O)c4c(F)cccc4F)C(=O)O)cccc32)c(C(F)(F)F)c2ccccc21. The van der Waals surface area contributed by atoms with Crippen molar-refractivity contribution in [3.63, 3.8) is 0 Å². The highest BCUT2D eigenvalue weighted by Gasteiger charge is 2.42. The molecular weight excluding hydrogens is 547 g/mol. The van der Waals surface area contributed by atoms with E-state index in [-0.39, 0.29) is 35.7 Å². The minimum absolute atomic E-state index is 0.101. The number of nitrogens with one attached hydrogen (secondary N) is 1. The molecule has 1 amide bonds. The van der Waals surface area contributed by atoms with Gasteiger partial charge in [-0.15, -0.1) is 0 Å². The van der Waals surface area contributed by atoms with Crippen LogP contribution in [0.4, 0.5) is 22.0 Å². The maximum absolute atomic E-state index is 14.5. The molecule has 0 spiro atoms. The van der Waals surface area contributed by atoms with E-state index in [0.29, 0.717) is 16.7 Å². The van der Waals surface area contributed by atoms with Crippen molar-refractivity contribution in [3.05, 3.63) is 116 Å². The second kappa shape index (κ2) is 10.5. The number of hydrogen-bond acceptors (Lipinski definition) is 3. The van der Waals surface area contributed by atoms with Crippen LogP contribution in [-0.4, -0.2) is 27.6 Å². The average molecular weight is 571 g/mol. The molecule has 6 nitrogen and oxygen atoms in total. The molecular formula is C30H23F5N2O4. The van der Waals surface area contributed by atoms with Gasteiger partial charge in [-0.1, -0.05) is 42.5 Å². The van der Waals surface area contributed by atoms with Gasteiger partial charge in [-0.2, -0.15) is 13.2 Å². The van der Waals surface area contributed by atoms with Crippen molar-refractivity contribution in [1.29, 1.82) is 0 Å². The van der Waals surface area contributed by atoms with E-state index in [2.05, 4.69) is 5.32 Å². The second-order valence-corrected chi connectivity index (χ2v) is 9.91. The van der Waals surface area contributed by atoms with E-state index in [4.69, 9.17) is 0 Å². The van der Waals surface area contributed by atoms with Gasteiger partial charge in [0.2, 0.25) is 0 Å². The minimum Gasteiger partial charge on any atom is -0.480 e. The fourth-order valence-electron chi connectivity index (χ4n) is 5.73. The van der Waals surface area contributed by atoms with Gasteiger partial charge in [-0.25, -0.2) is 13.6 Å². The minimum atomic E-state index is -4.82. The molecule has 5 rings (SSSR count). The van der Waals surface area contributed by atoms with Crippen molar-refractivity contribution in [2.24, 2.45) is 7.05 Å². The molecule has 1 aromatic heterocycles. The van der Waals surface area contributed by atoms with Crippen LogP contribution >= 0.6 is 0 Å². The van der Waals surface area contributed by atoms with Gasteiger partial charge in [0.05, 0.1) is 11.1 Å². The Bertz CT molecular complexity index is 1740. The number of carbonyl (C=O) groups is 2. The topological polar surface area (TPSA) is 88.4 Å². The van der Waals surface area contributed by atoms with Crippen molar-refractivity contribution in [3.8, 4) is 0 Å². The van der Waals surface area contributed by atoms with E-state index in [1.54, 1.807) is 24.3 Å². The Labute approximate surface area is 230 Å². The van der Waals surface area contributed by atoms with E-state index in [0.717, 1.165) is 18.2 Å². The third-order valence-corrected chi connectivity index (χ3v) is 7.56. The monoisotopic (exact) mass is 570 g/mol. The number of carboxylic acids is 1. The highest BCUT2D eigenvalue weighted by molar-refractivity contribution is 5.97. The van der Waals surface area contributed by atoms with Crippen LogP contribution in [0.1, 0.15) is 50.5 Å². The molecule has 0 saturated carbocycles. The number of hydrogen-bond donors (Lipinski definition) is 2. The number of carboxylic acid groups (broad SMARTS) is 1. The Balaban J connectivity index is 1.55. The van der Waals surface area contributed by atoms with Gasteiger partial charge in [0, 0.05) is 30.3 Å². The highest BCUT2D eigenvalue weighted by Crippen LogP contribution is 2.45. The first-order chi connectivity index (χ1) is 19.4. The number of amides is 1. The molecule has 1 heterocycles. The Morgan fingerprint density at radius 3 is 2.34 bits per heavy atom. The summed E-state index contributed by atoms with van der Waals surface area (Å²) >= 11 is 0. The molecule has 1 aliphatic carbocycles. The van der Waals surface area contributed by atoms with Crippen LogP contribution in [0.25, 0.3) is 10.9 Å². The molecule has 0 fully saturated rings. The molecule has 0 saturated heterocycles. The molecule has 2 atom stereocenters. The van der Waals surface area contributed by atoms with Crippen LogP contribution in [0.15, 0.2) is 65.5 Å². The number of pyridine rings is 1. The maximum atomic E-state index is 14.5. The van der Waals surface area contributed by atoms with Crippen LogP contribution in [-0.2, 0) is 30.9 Å². The van der Waals surface area contributed by atoms with E-state index >= 15 is 0 Å². The van der Waals surface area contributed by atoms with Crippen molar-refractivity contribution >= 4 is 22.8 Å². The number of aromatic nitrogens is 1. The Kier molecular flexibility index (Phi) is 7.14. The number of aliphatic carboxylic acids is 1. The summed E-state index contributed by atoms with van der Waals surface area (Å²) in [6.07, 6.45) is -4.68. The normalized spacial score (nSPS) is 15.5. The van der Waals surface area contributed by atoms with E-state index in [9.17, 15) is 41.4 Å². The number of halogens is 5. The quantitative estimate of drug-likeness (QED) is 0.307. The van der Waals surface area contributed by atoms with Gasteiger partial charge in [0.1, 0.15) is 23.2 Å². The molecule has 3 aromatic carbocycles. The number of alkyl halides is 3. The van der Waals surface area contributed by atoms with Gasteiger partial charge < -0.3 is 15.0 Å². The van der Waals surface area contributed by atoms with Crippen molar-refractivity contribution in [2.75, 3.05) is 0 Å². The second-order valence-electron chi connectivity index (χ2n) is 9.91. The third kappa shape index (κ3) is 4.96. The Hall–Kier alpha value is -4.54. The number of para-hydroxylation sites is 1. The maximum Gasteiger partial charge on any atom is 0.417 e. The van der Waals surface area contributed by atoms with E-state index in [1.165, 1.54) is 29.8 Å². The van der Waals surface area contributed by atoms with Gasteiger partial charge in [0.25, 0.3) is 11.5 Å². The van der Waals surface area contributed by atoms with E-state index in [1.807, 2.05) is 0 Å². The van der Waals surface area contributed by atoms with Crippen molar-refractivity contribution in [2.45, 2.75) is 37.4 Å². The van der Waals surface area contributed by atoms with Gasteiger partial charge in [-0.3, -0.25) is 9.59 Å². The summed E-state index contributed by atoms with van der Waals surface area (Å²) in [5.41, 5.74) is -1.49. The zero-order chi connectivity index (χ0) is 29.6. The molecule has 11 heteroatoms. The first kappa shape index (κ1) is 28.0. The highest BCUT2D eigenvalue weighted by atomic mass is 19.4. The molecule has 212 valence electrons. The lowest BCUT2D eigenvalue weighted by Crippen LogP contribution is -2.43. The van der Waals surface area contributed by atoms with Crippen molar-refractivity contribution < 1.29 is 36.6 Å². The number of nitrogens with zero attached hydrogens (tertiary/aromatic N) is 1. The number of benzene rings is 3. The molecule has 0 aliphatic heterocycles. The summed E-state index contributed by atoms with van der Waals surface area (Å²) in [5, 5.41) is 11.8. The van der Waals surface area contributed by atoms with Gasteiger partial charge in [-0.05, 0) is 47.7 Å². The molecule has 1 aliphatic rings. The Morgan fingerprint density at radius 1 is 1.02 bits per heavy atom. The molecule has 41 heavy (non-hydrogen) atoms. The Morgan fingerprint density at radius 2 is 1.68 bits per heavy atom. The molecule has 1 unspecified atom stereocenters. The lowest BCUT2D eigenvalue weighted by molar-refractivity contribution is -0.139. The molecule has 2 N–H and O–H groups in total. The summed E-state index contributed by atoms with van der Waals surface area (Å²) < 4.78 is 72.8. The van der Waals surface area contributed by atoms with Crippen molar-refractivity contribution in [1.82, 2.24) is 9.88 Å². The zero-order valence-electron chi connectivity index (χ0n) is 21.6. The first-order valence-corrected chi connectivity index (χ1v) is 12.7. The van der Waals surface area contributed by atoms with Crippen LogP contribution in [0.5, 0.6) is 0 Å². The van der Waals surface area contributed by atoms with Crippen LogP contribution in [0.3, 0.4) is 0 Å². The largest absolute Gasteiger partial charge is 0.480 e. The van der Waals surface area contributed by atoms with Crippen LogP contribution in [0, 0.1) is 11.6 Å². The molecule has 0 bridgehead atoms. The summed E-state index contributed by atoms with van der Waals surface area (Å²) in [6.45, 7) is 0. The standard InChI is InChI=1S/C30H23F5N2O4/c1-37-23-11-3-2-7-19(23)26(30(33,34)35)24(28(37)39)18-13-12-16-15(6-4-8-17(16)18)14-22(29(40)41)36-27(38)25-20(31)9-5-10-21(25)32/h2-11,18,22H,12-14H2,1H3,(H,36,38)(H,40,41)/t18-,22?/m0/s1. The predicted octanol–water partition coefficient (Wildman–Crippen LogP) is 5.34. The summed E-state index contributed by atoms with van der Waals surface area (Å²) in [6, 6.07) is 11.7. The van der Waals surface area contributed by atoms with Crippen LogP contribution < -0.4 is 10.9 Å². The smallest absolute Gasteiger partial charge is 0.417 e. The lowest BCUT2D eigenvalue weighted by Gasteiger charge is -2.22. The summed E-state index contributed by atoms with van der Waals surface area (Å²) in [4.78, 5) is 38.0. The predicted molar refractivity (Wildman–Crippen MR) is 140 cm³/mol. The lowest BCUT2D eigenvalue weighted by atomic mass is 9.87. The number of aryl methyl sites for hydroxylation is 1.